The summed E-state index contributed by atoms with van der Waals surface area (Å²) in [4.78, 5) is 48.4. The van der Waals surface area contributed by atoms with Gasteiger partial charge in [-0.15, -0.1) is 0 Å². The van der Waals surface area contributed by atoms with E-state index in [0.717, 1.165) is 11.1 Å². The molecule has 1 aliphatic carbocycles. The van der Waals surface area contributed by atoms with Crippen molar-refractivity contribution in [1.29, 1.82) is 0 Å². The van der Waals surface area contributed by atoms with E-state index in [1.165, 1.54) is 23.5 Å². The summed E-state index contributed by atoms with van der Waals surface area (Å²) in [6.45, 7) is 1.48. The van der Waals surface area contributed by atoms with Gasteiger partial charge in [0.2, 0.25) is 0 Å². The van der Waals surface area contributed by atoms with E-state index in [4.69, 9.17) is 24.1 Å². The second-order valence-electron chi connectivity index (χ2n) is 9.82. The van der Waals surface area contributed by atoms with E-state index in [2.05, 4.69) is 30.3 Å². The second-order valence-corrected chi connectivity index (χ2v) is 9.82. The Balaban J connectivity index is 0.00000113. The van der Waals surface area contributed by atoms with Crippen LogP contribution >= 0.6 is 0 Å². The van der Waals surface area contributed by atoms with Crippen LogP contribution in [0.4, 0.5) is 20.8 Å². The highest BCUT2D eigenvalue weighted by molar-refractivity contribution is 5.94. The summed E-state index contributed by atoms with van der Waals surface area (Å²) in [5.74, 6) is 0.581. The van der Waals surface area contributed by atoms with Crippen LogP contribution in [-0.2, 0) is 33.7 Å². The van der Waals surface area contributed by atoms with Crippen molar-refractivity contribution in [2.24, 2.45) is 0 Å². The van der Waals surface area contributed by atoms with Gasteiger partial charge in [-0.2, -0.15) is 5.10 Å². The number of amides is 2. The molecule has 3 aliphatic rings. The topological polar surface area (TPSA) is 174 Å². The number of nitrogens with zero attached hydrogens (tertiary/aromatic N) is 7. The third-order valence-corrected chi connectivity index (χ3v) is 7.11. The zero-order chi connectivity index (χ0) is 29.6. The van der Waals surface area contributed by atoms with Crippen molar-refractivity contribution in [2.75, 3.05) is 43.6 Å². The van der Waals surface area contributed by atoms with E-state index in [9.17, 15) is 14.0 Å². The lowest BCUT2D eigenvalue weighted by Gasteiger charge is -2.25. The van der Waals surface area contributed by atoms with Crippen LogP contribution in [0.5, 0.6) is 11.6 Å². The Morgan fingerprint density at radius 1 is 1.31 bits per heavy atom. The maximum atomic E-state index is 14.9. The standard InChI is InChI=1S/C25H27FN8O5.CH2O2/c1-32(16-6-15-7-18(9-20(26)19(15)8-16)37-5-4-33-14-27-13-29-33)3-2-17-11-34(25(36)39-17)21-10-28-24-23(30-21)31-22(35)12-38-24;2-1-3/h7,9-10,13-14,16-17H,2-6,8,11-12H2,1H3,(H,30,31,35);1H,(H,2,3). The molecule has 2 atom stereocenters. The maximum Gasteiger partial charge on any atom is 0.415 e. The number of hydrogen-bond donors (Lipinski definition) is 2. The van der Waals surface area contributed by atoms with Crippen molar-refractivity contribution in [3.05, 3.63) is 47.9 Å². The number of hydrogen-bond acceptors (Lipinski definition) is 11. The van der Waals surface area contributed by atoms with Gasteiger partial charge >= 0.3 is 6.09 Å². The van der Waals surface area contributed by atoms with Crippen molar-refractivity contribution >= 4 is 30.1 Å². The van der Waals surface area contributed by atoms with E-state index >= 15 is 0 Å². The minimum Gasteiger partial charge on any atom is -0.492 e. The number of nitrogens with one attached hydrogen (secondary N) is 1. The molecule has 0 radical (unpaired) electrons. The zero-order valence-corrected chi connectivity index (χ0v) is 22.7. The van der Waals surface area contributed by atoms with Gasteiger partial charge in [0.1, 0.15) is 36.9 Å². The van der Waals surface area contributed by atoms with Crippen LogP contribution in [0.25, 0.3) is 0 Å². The molecule has 0 spiro atoms. The molecular weight excluding hydrogens is 555 g/mol. The number of cyclic esters (lactones) is 1. The molecule has 15 nitrogen and oxygen atoms in total. The molecular formula is C26H29FN8O7. The van der Waals surface area contributed by atoms with Crippen molar-refractivity contribution in [3.63, 3.8) is 0 Å². The SMILES string of the molecule is CN(CCC1CN(c2cnc3c(n2)NC(=O)CO3)C(=O)O1)C1Cc2cc(OCCn3cncn3)cc(F)c2C1.O=CO. The number of anilines is 2. The molecule has 2 N–H and O–H groups in total. The van der Waals surface area contributed by atoms with Gasteiger partial charge in [-0.3, -0.25) is 14.5 Å². The fourth-order valence-electron chi connectivity index (χ4n) is 5.02. The lowest BCUT2D eigenvalue weighted by molar-refractivity contribution is -0.123. The molecule has 16 heteroatoms. The van der Waals surface area contributed by atoms with Gasteiger partial charge < -0.3 is 29.5 Å². The van der Waals surface area contributed by atoms with Crippen LogP contribution in [0.1, 0.15) is 17.5 Å². The van der Waals surface area contributed by atoms with Gasteiger partial charge in [-0.05, 0) is 43.5 Å². The fourth-order valence-corrected chi connectivity index (χ4v) is 5.02. The van der Waals surface area contributed by atoms with Crippen molar-refractivity contribution in [2.45, 2.75) is 38.0 Å². The normalized spacial score (nSPS) is 18.8. The number of carbonyl (C=O) groups excluding carboxylic acids is 2. The first kappa shape index (κ1) is 28.7. The molecule has 2 amide bonds. The summed E-state index contributed by atoms with van der Waals surface area (Å²) in [7, 11) is 2.00. The molecule has 4 heterocycles. The van der Waals surface area contributed by atoms with Gasteiger partial charge in [0.25, 0.3) is 18.3 Å². The Morgan fingerprint density at radius 2 is 2.14 bits per heavy atom. The van der Waals surface area contributed by atoms with Crippen LogP contribution < -0.4 is 19.7 Å². The number of aromatic nitrogens is 5. The zero-order valence-electron chi connectivity index (χ0n) is 22.7. The Bertz CT molecular complexity index is 1440. The summed E-state index contributed by atoms with van der Waals surface area (Å²) >= 11 is 0. The molecule has 2 unspecified atom stereocenters. The van der Waals surface area contributed by atoms with Crippen molar-refractivity contribution < 1.29 is 38.1 Å². The van der Waals surface area contributed by atoms with Gasteiger partial charge in [0.05, 0.1) is 19.3 Å². The molecule has 0 saturated carbocycles. The average molecular weight is 585 g/mol. The first-order valence-electron chi connectivity index (χ1n) is 13.2. The third kappa shape index (κ3) is 6.54. The quantitative estimate of drug-likeness (QED) is 0.344. The molecule has 42 heavy (non-hydrogen) atoms. The largest absolute Gasteiger partial charge is 0.492 e. The Hall–Kier alpha value is -4.86. The number of likely N-dealkylation sites (N-methyl/N-ethyl adjacent to an activating group) is 1. The highest BCUT2D eigenvalue weighted by Crippen LogP contribution is 2.32. The number of carboxylic acid groups (broad SMARTS) is 1. The molecule has 2 aromatic heterocycles. The molecule has 0 bridgehead atoms. The summed E-state index contributed by atoms with van der Waals surface area (Å²) in [6, 6.07) is 3.48. The van der Waals surface area contributed by atoms with Gasteiger partial charge in [-0.1, -0.05) is 0 Å². The summed E-state index contributed by atoms with van der Waals surface area (Å²) in [6.07, 6.45) is 5.53. The molecule has 2 aliphatic heterocycles. The number of carbonyl (C=O) groups is 3. The first-order valence-corrected chi connectivity index (χ1v) is 13.2. The van der Waals surface area contributed by atoms with E-state index in [-0.39, 0.29) is 54.5 Å². The smallest absolute Gasteiger partial charge is 0.415 e. The predicted molar refractivity (Wildman–Crippen MR) is 143 cm³/mol. The van der Waals surface area contributed by atoms with E-state index in [1.54, 1.807) is 11.0 Å². The number of benzene rings is 1. The van der Waals surface area contributed by atoms with Crippen LogP contribution in [0.15, 0.2) is 31.0 Å². The van der Waals surface area contributed by atoms with Crippen LogP contribution in [0, 0.1) is 5.82 Å². The fraction of sp³-hybridized carbons (Fsp3) is 0.423. The molecule has 3 aromatic rings. The summed E-state index contributed by atoms with van der Waals surface area (Å²) < 4.78 is 33.1. The highest BCUT2D eigenvalue weighted by atomic mass is 19.1. The average Bonchev–Trinajstić information content (AvgIpc) is 3.72. The minimum absolute atomic E-state index is 0.124. The minimum atomic E-state index is -0.522. The molecule has 1 saturated heterocycles. The molecule has 1 fully saturated rings. The van der Waals surface area contributed by atoms with Gasteiger partial charge in [-0.25, -0.2) is 28.8 Å². The Labute approximate surface area is 239 Å². The lowest BCUT2D eigenvalue weighted by Crippen LogP contribution is -2.35. The predicted octanol–water partition coefficient (Wildman–Crippen LogP) is 1.13. The number of ether oxygens (including phenoxy) is 3. The summed E-state index contributed by atoms with van der Waals surface area (Å²) in [5, 5.41) is 13.5. The third-order valence-electron chi connectivity index (χ3n) is 7.11. The van der Waals surface area contributed by atoms with Gasteiger partial charge in [0.15, 0.2) is 18.2 Å². The summed E-state index contributed by atoms with van der Waals surface area (Å²) in [5.41, 5.74) is 1.67. The lowest BCUT2D eigenvalue weighted by atomic mass is 10.1. The van der Waals surface area contributed by atoms with Crippen LogP contribution in [0.2, 0.25) is 0 Å². The van der Waals surface area contributed by atoms with E-state index in [0.29, 0.717) is 51.3 Å². The highest BCUT2D eigenvalue weighted by Gasteiger charge is 2.35. The van der Waals surface area contributed by atoms with Gasteiger partial charge in [0, 0.05) is 18.7 Å². The van der Waals surface area contributed by atoms with Crippen molar-refractivity contribution in [3.8, 4) is 11.6 Å². The number of rotatable bonds is 9. The number of halogens is 1. The Morgan fingerprint density at radius 3 is 2.93 bits per heavy atom. The monoisotopic (exact) mass is 584 g/mol. The van der Waals surface area contributed by atoms with Crippen molar-refractivity contribution in [1.82, 2.24) is 29.6 Å². The molecule has 6 rings (SSSR count). The van der Waals surface area contributed by atoms with Crippen LogP contribution in [0.3, 0.4) is 0 Å². The first-order chi connectivity index (χ1) is 20.3. The number of fused-ring (bicyclic) bond motifs is 2. The molecule has 222 valence electrons. The van der Waals surface area contributed by atoms with E-state index < -0.39 is 6.09 Å². The Kier molecular flexibility index (Phi) is 8.71. The van der Waals surface area contributed by atoms with E-state index in [1.807, 2.05) is 13.1 Å². The maximum absolute atomic E-state index is 14.9. The van der Waals surface area contributed by atoms with Crippen LogP contribution in [-0.4, -0.2) is 98.7 Å². The second kappa shape index (κ2) is 12.8. The molecule has 1 aromatic carbocycles.